The Morgan fingerprint density at radius 1 is 1.08 bits per heavy atom. The number of unbranched alkanes of at least 4 members (excludes halogenated alkanes) is 2. The van der Waals surface area contributed by atoms with E-state index in [1.165, 1.54) is 63.8 Å². The summed E-state index contributed by atoms with van der Waals surface area (Å²) in [5.41, 5.74) is 0. The van der Waals surface area contributed by atoms with Crippen LogP contribution in [0, 0.1) is 0 Å². The molecule has 5 nitrogen and oxygen atoms in total. The van der Waals surface area contributed by atoms with Gasteiger partial charge in [-0.1, -0.05) is 60.8 Å². The molecule has 0 atom stereocenters. The second-order valence-corrected chi connectivity index (χ2v) is 8.55. The summed E-state index contributed by atoms with van der Waals surface area (Å²) in [7, 11) is 3.69. The predicted octanol–water partition coefficient (Wildman–Crippen LogP) is 4.93. The Kier molecular flexibility index (Phi) is 15.8. The molecule has 0 radical (unpaired) electrons. The van der Waals surface area contributed by atoms with E-state index in [0.29, 0.717) is 0 Å². The quantitative estimate of drug-likeness (QED) is 0.654. The van der Waals surface area contributed by atoms with Gasteiger partial charge in [-0.2, -0.15) is 0 Å². The van der Waals surface area contributed by atoms with E-state index in [9.17, 15) is 0 Å². The lowest BCUT2D eigenvalue weighted by Crippen LogP contribution is -2.26. The average molecular weight is 398 g/mol. The van der Waals surface area contributed by atoms with Gasteiger partial charge in [-0.25, -0.2) is 0 Å². The Balaban J connectivity index is 0.000000247. The summed E-state index contributed by atoms with van der Waals surface area (Å²) in [5.74, 6) is 2.15. The molecule has 3 heterocycles. The van der Waals surface area contributed by atoms with Gasteiger partial charge in [0.2, 0.25) is 0 Å². The molecule has 0 bridgehead atoms. The topological polar surface area (TPSA) is 53.9 Å². The average Bonchev–Trinajstić information content (AvgIpc) is 3.31. The van der Waals surface area contributed by atoms with Gasteiger partial charge in [-0.05, 0) is 49.4 Å². The van der Waals surface area contributed by atoms with Crippen molar-refractivity contribution in [2.75, 3.05) is 36.8 Å². The Labute approximate surface area is 167 Å². The third-order valence-corrected chi connectivity index (χ3v) is 5.89. The summed E-state index contributed by atoms with van der Waals surface area (Å²) in [5, 5.41) is 16.8. The van der Waals surface area contributed by atoms with Crippen LogP contribution in [-0.4, -0.2) is 47.3 Å². The smallest absolute Gasteiger partial charge is 0.154 e. The zero-order chi connectivity index (χ0) is 18.7. The molecule has 0 amide bonds. The standard InChI is InChI=1S/C11H20N4.C5H11N.C3H4S2/c1-3-5-9-15(10-6-4-2)11-7-8-12-14-13-11;1-2-4-6-5-3-1;1-2-4-5-3-1/h7-8H,3-6,9-10H2,1-2H3;6H,1-5H2;1-2H,3H2. The molecule has 26 heavy (non-hydrogen) atoms. The van der Waals surface area contributed by atoms with Crippen molar-refractivity contribution in [3.05, 3.63) is 23.7 Å². The van der Waals surface area contributed by atoms with Gasteiger partial charge in [0.1, 0.15) is 0 Å². The van der Waals surface area contributed by atoms with Crippen molar-refractivity contribution in [2.45, 2.75) is 58.8 Å². The Hall–Kier alpha value is -0.790. The molecule has 2 aliphatic rings. The van der Waals surface area contributed by atoms with E-state index in [4.69, 9.17) is 0 Å². The van der Waals surface area contributed by atoms with Gasteiger partial charge in [-0.3, -0.25) is 0 Å². The third-order valence-electron chi connectivity index (χ3n) is 3.97. The first-order valence-corrected chi connectivity index (χ1v) is 12.3. The van der Waals surface area contributed by atoms with E-state index >= 15 is 0 Å². The minimum Gasteiger partial charge on any atom is -0.355 e. The van der Waals surface area contributed by atoms with Gasteiger partial charge in [0.15, 0.2) is 5.82 Å². The fourth-order valence-electron chi connectivity index (χ4n) is 2.44. The largest absolute Gasteiger partial charge is 0.355 e. The lowest BCUT2D eigenvalue weighted by Gasteiger charge is -2.22. The molecule has 0 saturated carbocycles. The van der Waals surface area contributed by atoms with Crippen LogP contribution in [-0.2, 0) is 0 Å². The van der Waals surface area contributed by atoms with Crippen LogP contribution >= 0.6 is 21.6 Å². The summed E-state index contributed by atoms with van der Waals surface area (Å²) in [6.45, 7) is 9.04. The molecule has 1 saturated heterocycles. The number of piperidine rings is 1. The number of aromatic nitrogens is 3. The van der Waals surface area contributed by atoms with E-state index in [1.54, 1.807) is 6.20 Å². The number of hydrogen-bond donors (Lipinski definition) is 1. The summed E-state index contributed by atoms with van der Waals surface area (Å²) in [6, 6.07) is 1.93. The molecular weight excluding hydrogens is 362 g/mol. The number of nitrogens with one attached hydrogen (secondary N) is 1. The molecule has 7 heteroatoms. The van der Waals surface area contributed by atoms with Gasteiger partial charge >= 0.3 is 0 Å². The summed E-state index contributed by atoms with van der Waals surface area (Å²) in [6.07, 6.45) is 12.9. The van der Waals surface area contributed by atoms with E-state index in [-0.39, 0.29) is 0 Å². The maximum atomic E-state index is 4.05. The summed E-state index contributed by atoms with van der Waals surface area (Å²) >= 11 is 0. The van der Waals surface area contributed by atoms with Gasteiger partial charge in [0, 0.05) is 24.9 Å². The molecule has 1 aromatic rings. The van der Waals surface area contributed by atoms with Crippen molar-refractivity contribution in [3.8, 4) is 0 Å². The summed E-state index contributed by atoms with van der Waals surface area (Å²) in [4.78, 5) is 2.29. The first-order valence-electron chi connectivity index (χ1n) is 9.91. The van der Waals surface area contributed by atoms with Crippen molar-refractivity contribution < 1.29 is 0 Å². The zero-order valence-electron chi connectivity index (χ0n) is 16.4. The van der Waals surface area contributed by atoms with Gasteiger partial charge in [0.25, 0.3) is 0 Å². The van der Waals surface area contributed by atoms with E-state index in [0.717, 1.165) is 18.9 Å². The predicted molar refractivity (Wildman–Crippen MR) is 118 cm³/mol. The van der Waals surface area contributed by atoms with Gasteiger partial charge in [0.05, 0.1) is 6.20 Å². The van der Waals surface area contributed by atoms with Crippen LogP contribution in [0.15, 0.2) is 23.7 Å². The second-order valence-electron chi connectivity index (χ2n) is 6.24. The molecule has 1 fully saturated rings. The molecule has 0 aliphatic carbocycles. The van der Waals surface area contributed by atoms with E-state index in [1.807, 2.05) is 27.7 Å². The Morgan fingerprint density at radius 3 is 2.15 bits per heavy atom. The first-order chi connectivity index (χ1) is 12.9. The van der Waals surface area contributed by atoms with Crippen molar-refractivity contribution in [2.24, 2.45) is 0 Å². The van der Waals surface area contributed by atoms with Gasteiger partial charge in [-0.15, -0.1) is 10.2 Å². The van der Waals surface area contributed by atoms with Crippen LogP contribution in [0.1, 0.15) is 58.8 Å². The molecule has 1 N–H and O–H groups in total. The molecule has 3 rings (SSSR count). The van der Waals surface area contributed by atoms with Crippen LogP contribution in [0.5, 0.6) is 0 Å². The van der Waals surface area contributed by atoms with Crippen LogP contribution in [0.4, 0.5) is 5.82 Å². The highest BCUT2D eigenvalue weighted by molar-refractivity contribution is 8.78. The molecule has 0 aromatic carbocycles. The minimum absolute atomic E-state index is 0.951. The van der Waals surface area contributed by atoms with E-state index in [2.05, 4.69) is 51.0 Å². The van der Waals surface area contributed by atoms with Crippen molar-refractivity contribution >= 4 is 27.4 Å². The highest BCUT2D eigenvalue weighted by Gasteiger charge is 2.06. The number of rotatable bonds is 7. The van der Waals surface area contributed by atoms with Gasteiger partial charge < -0.3 is 10.2 Å². The van der Waals surface area contributed by atoms with Crippen molar-refractivity contribution in [1.82, 2.24) is 20.7 Å². The molecule has 148 valence electrons. The third kappa shape index (κ3) is 12.5. The normalized spacial score (nSPS) is 15.5. The van der Waals surface area contributed by atoms with Crippen molar-refractivity contribution in [3.63, 3.8) is 0 Å². The molecule has 0 spiro atoms. The fraction of sp³-hybridized carbons (Fsp3) is 0.737. The van der Waals surface area contributed by atoms with Crippen LogP contribution in [0.2, 0.25) is 0 Å². The van der Waals surface area contributed by atoms with E-state index < -0.39 is 0 Å². The molecule has 2 aliphatic heterocycles. The fourth-order valence-corrected chi connectivity index (χ4v) is 4.01. The zero-order valence-corrected chi connectivity index (χ0v) is 18.0. The SMILES string of the molecule is C1=CSSC1.C1CCNCC1.CCCCN(CCCC)c1ccnnn1. The maximum absolute atomic E-state index is 4.05. The lowest BCUT2D eigenvalue weighted by molar-refractivity contribution is 0.520. The minimum atomic E-state index is 0.951. The molecular formula is C19H35N5S2. The lowest BCUT2D eigenvalue weighted by atomic mass is 10.2. The Bertz CT molecular complexity index is 415. The van der Waals surface area contributed by atoms with Crippen molar-refractivity contribution in [1.29, 1.82) is 0 Å². The highest BCUT2D eigenvalue weighted by Crippen LogP contribution is 2.27. The van der Waals surface area contributed by atoms with Crippen LogP contribution < -0.4 is 10.2 Å². The highest BCUT2D eigenvalue weighted by atomic mass is 33.1. The molecule has 0 unspecified atom stereocenters. The second kappa shape index (κ2) is 17.6. The first kappa shape index (κ1) is 23.2. The monoisotopic (exact) mass is 397 g/mol. The van der Waals surface area contributed by atoms with Crippen LogP contribution in [0.3, 0.4) is 0 Å². The number of hydrogen-bond acceptors (Lipinski definition) is 7. The summed E-state index contributed by atoms with van der Waals surface area (Å²) < 4.78 is 0. The Morgan fingerprint density at radius 2 is 1.81 bits per heavy atom. The van der Waals surface area contributed by atoms with Crippen LogP contribution in [0.25, 0.3) is 0 Å². The number of anilines is 1. The number of nitrogens with zero attached hydrogens (tertiary/aromatic N) is 4. The maximum Gasteiger partial charge on any atom is 0.154 e. The molecule has 1 aromatic heterocycles.